The SMILES string of the molecule is COCCCc1ccc([N+](=O)[O-])cc1. The molecule has 0 spiro atoms. The zero-order valence-electron chi connectivity index (χ0n) is 8.10. The van der Waals surface area contributed by atoms with E-state index in [1.54, 1.807) is 19.2 Å². The van der Waals surface area contributed by atoms with Gasteiger partial charge in [-0.15, -0.1) is 0 Å². The van der Waals surface area contributed by atoms with Crippen LogP contribution in [0.25, 0.3) is 0 Å². The molecule has 4 heteroatoms. The fourth-order valence-corrected chi connectivity index (χ4v) is 1.20. The zero-order chi connectivity index (χ0) is 10.4. The molecule has 14 heavy (non-hydrogen) atoms. The Morgan fingerprint density at radius 3 is 2.50 bits per heavy atom. The highest BCUT2D eigenvalue weighted by atomic mass is 16.6. The molecular formula is C10H13NO3. The second-order valence-corrected chi connectivity index (χ2v) is 3.02. The van der Waals surface area contributed by atoms with Crippen molar-refractivity contribution < 1.29 is 9.66 Å². The second-order valence-electron chi connectivity index (χ2n) is 3.02. The van der Waals surface area contributed by atoms with E-state index >= 15 is 0 Å². The quantitative estimate of drug-likeness (QED) is 0.411. The Kier molecular flexibility index (Phi) is 4.07. The molecule has 0 N–H and O–H groups in total. The van der Waals surface area contributed by atoms with Gasteiger partial charge in [-0.05, 0) is 18.4 Å². The van der Waals surface area contributed by atoms with Crippen molar-refractivity contribution in [3.05, 3.63) is 39.9 Å². The second kappa shape index (κ2) is 5.34. The van der Waals surface area contributed by atoms with Gasteiger partial charge in [0.25, 0.3) is 5.69 Å². The van der Waals surface area contributed by atoms with Crippen LogP contribution in [0.3, 0.4) is 0 Å². The predicted octanol–water partition coefficient (Wildman–Crippen LogP) is 2.17. The third-order valence-corrected chi connectivity index (χ3v) is 1.96. The number of nitro groups is 1. The molecule has 76 valence electrons. The Bertz CT molecular complexity index is 295. The van der Waals surface area contributed by atoms with E-state index in [2.05, 4.69) is 0 Å². The molecule has 0 aliphatic heterocycles. The Labute approximate surface area is 82.7 Å². The standard InChI is InChI=1S/C10H13NO3/c1-14-8-2-3-9-4-6-10(7-5-9)11(12)13/h4-7H,2-3,8H2,1H3. The molecule has 0 atom stereocenters. The molecule has 0 saturated carbocycles. The lowest BCUT2D eigenvalue weighted by Crippen LogP contribution is -1.93. The van der Waals surface area contributed by atoms with Crippen molar-refractivity contribution in [1.82, 2.24) is 0 Å². The Balaban J connectivity index is 2.51. The highest BCUT2D eigenvalue weighted by Gasteiger charge is 2.03. The number of benzene rings is 1. The van der Waals surface area contributed by atoms with Crippen LogP contribution >= 0.6 is 0 Å². The summed E-state index contributed by atoms with van der Waals surface area (Å²) in [6, 6.07) is 6.63. The predicted molar refractivity (Wildman–Crippen MR) is 53.3 cm³/mol. The number of ether oxygens (including phenoxy) is 1. The van der Waals surface area contributed by atoms with Gasteiger partial charge in [0.15, 0.2) is 0 Å². The largest absolute Gasteiger partial charge is 0.385 e. The monoisotopic (exact) mass is 195 g/mol. The van der Waals surface area contributed by atoms with Gasteiger partial charge in [-0.3, -0.25) is 10.1 Å². The highest BCUT2D eigenvalue weighted by molar-refractivity contribution is 5.32. The molecule has 0 saturated heterocycles. The first-order valence-corrected chi connectivity index (χ1v) is 4.46. The number of nitrogens with zero attached hydrogens (tertiary/aromatic N) is 1. The summed E-state index contributed by atoms with van der Waals surface area (Å²) in [5, 5.41) is 10.4. The molecule has 1 aromatic carbocycles. The minimum atomic E-state index is -0.390. The molecule has 0 fully saturated rings. The zero-order valence-corrected chi connectivity index (χ0v) is 8.10. The van der Waals surface area contributed by atoms with Gasteiger partial charge in [0.2, 0.25) is 0 Å². The Morgan fingerprint density at radius 2 is 2.00 bits per heavy atom. The van der Waals surface area contributed by atoms with Crippen molar-refractivity contribution in [1.29, 1.82) is 0 Å². The summed E-state index contributed by atoms with van der Waals surface area (Å²) in [5.41, 5.74) is 1.24. The van der Waals surface area contributed by atoms with Crippen LogP contribution in [0.5, 0.6) is 0 Å². The van der Waals surface area contributed by atoms with Gasteiger partial charge in [-0.2, -0.15) is 0 Å². The molecule has 0 aliphatic rings. The van der Waals surface area contributed by atoms with Crippen LogP contribution in [0.2, 0.25) is 0 Å². The third kappa shape index (κ3) is 3.14. The van der Waals surface area contributed by atoms with Gasteiger partial charge in [0.1, 0.15) is 0 Å². The van der Waals surface area contributed by atoms with Crippen molar-refractivity contribution in [3.63, 3.8) is 0 Å². The third-order valence-electron chi connectivity index (χ3n) is 1.96. The van der Waals surface area contributed by atoms with E-state index in [1.807, 2.05) is 0 Å². The van der Waals surface area contributed by atoms with Crippen molar-refractivity contribution in [2.45, 2.75) is 12.8 Å². The van der Waals surface area contributed by atoms with Gasteiger partial charge >= 0.3 is 0 Å². The minimum Gasteiger partial charge on any atom is -0.385 e. The normalized spacial score (nSPS) is 10.1. The summed E-state index contributed by atoms with van der Waals surface area (Å²) >= 11 is 0. The molecule has 0 aliphatic carbocycles. The number of hydrogen-bond acceptors (Lipinski definition) is 3. The summed E-state index contributed by atoms with van der Waals surface area (Å²) in [5.74, 6) is 0. The van der Waals surface area contributed by atoms with Crippen molar-refractivity contribution >= 4 is 5.69 Å². The molecule has 0 amide bonds. The number of non-ortho nitro benzene ring substituents is 1. The van der Waals surface area contributed by atoms with Crippen molar-refractivity contribution in [2.24, 2.45) is 0 Å². The molecule has 0 aromatic heterocycles. The van der Waals surface area contributed by atoms with E-state index in [4.69, 9.17) is 4.74 Å². The van der Waals surface area contributed by atoms with Gasteiger partial charge < -0.3 is 4.74 Å². The summed E-state index contributed by atoms with van der Waals surface area (Å²) in [7, 11) is 1.66. The fraction of sp³-hybridized carbons (Fsp3) is 0.400. The van der Waals surface area contributed by atoms with Gasteiger partial charge in [-0.1, -0.05) is 12.1 Å². The van der Waals surface area contributed by atoms with Crippen LogP contribution in [0.1, 0.15) is 12.0 Å². The Hall–Kier alpha value is -1.42. The van der Waals surface area contributed by atoms with E-state index in [9.17, 15) is 10.1 Å². The smallest absolute Gasteiger partial charge is 0.269 e. The van der Waals surface area contributed by atoms with E-state index in [0.717, 1.165) is 25.0 Å². The van der Waals surface area contributed by atoms with Crippen LogP contribution in [0, 0.1) is 10.1 Å². The minimum absolute atomic E-state index is 0.139. The van der Waals surface area contributed by atoms with E-state index in [0.29, 0.717) is 0 Å². The number of hydrogen-bond donors (Lipinski definition) is 0. The van der Waals surface area contributed by atoms with Crippen molar-refractivity contribution in [2.75, 3.05) is 13.7 Å². The van der Waals surface area contributed by atoms with Crippen LogP contribution in [0.4, 0.5) is 5.69 Å². The molecule has 0 bridgehead atoms. The number of nitro benzene ring substituents is 1. The average Bonchev–Trinajstić information content (AvgIpc) is 2.19. The highest BCUT2D eigenvalue weighted by Crippen LogP contribution is 2.12. The first-order chi connectivity index (χ1) is 6.74. The summed E-state index contributed by atoms with van der Waals surface area (Å²) in [6.45, 7) is 0.719. The van der Waals surface area contributed by atoms with Crippen LogP contribution in [-0.4, -0.2) is 18.6 Å². The topological polar surface area (TPSA) is 52.4 Å². The molecule has 1 aromatic rings. The van der Waals surface area contributed by atoms with Gasteiger partial charge in [0, 0.05) is 25.8 Å². The molecule has 0 unspecified atom stereocenters. The number of aryl methyl sites for hydroxylation is 1. The van der Waals surface area contributed by atoms with Crippen LogP contribution in [0.15, 0.2) is 24.3 Å². The molecule has 0 heterocycles. The first-order valence-electron chi connectivity index (χ1n) is 4.46. The lowest BCUT2D eigenvalue weighted by Gasteiger charge is -1.99. The maximum atomic E-state index is 10.4. The molecule has 4 nitrogen and oxygen atoms in total. The average molecular weight is 195 g/mol. The summed E-state index contributed by atoms with van der Waals surface area (Å²) < 4.78 is 4.92. The van der Waals surface area contributed by atoms with Gasteiger partial charge in [0.05, 0.1) is 4.92 Å². The lowest BCUT2D eigenvalue weighted by molar-refractivity contribution is -0.384. The van der Waals surface area contributed by atoms with E-state index in [1.165, 1.54) is 12.1 Å². The lowest BCUT2D eigenvalue weighted by atomic mass is 10.1. The Morgan fingerprint density at radius 1 is 1.36 bits per heavy atom. The van der Waals surface area contributed by atoms with E-state index in [-0.39, 0.29) is 10.6 Å². The molecular weight excluding hydrogens is 182 g/mol. The first kappa shape index (κ1) is 10.7. The number of methoxy groups -OCH3 is 1. The maximum Gasteiger partial charge on any atom is 0.269 e. The van der Waals surface area contributed by atoms with Gasteiger partial charge in [-0.25, -0.2) is 0 Å². The molecule has 0 radical (unpaired) electrons. The van der Waals surface area contributed by atoms with Crippen LogP contribution in [-0.2, 0) is 11.2 Å². The number of rotatable bonds is 5. The van der Waals surface area contributed by atoms with Crippen molar-refractivity contribution in [3.8, 4) is 0 Å². The van der Waals surface area contributed by atoms with Crippen LogP contribution < -0.4 is 0 Å². The van der Waals surface area contributed by atoms with E-state index < -0.39 is 0 Å². The fourth-order valence-electron chi connectivity index (χ4n) is 1.20. The maximum absolute atomic E-state index is 10.4. The summed E-state index contributed by atoms with van der Waals surface area (Å²) in [6.07, 6.45) is 1.83. The molecule has 1 rings (SSSR count). The summed E-state index contributed by atoms with van der Waals surface area (Å²) in [4.78, 5) is 9.97.